The first-order chi connectivity index (χ1) is 8.33. The van der Waals surface area contributed by atoms with Crippen molar-refractivity contribution in [1.29, 1.82) is 0 Å². The number of rotatable bonds is 3. The van der Waals surface area contributed by atoms with Gasteiger partial charge in [-0.15, -0.1) is 0 Å². The molecule has 3 rings (SSSR count). The Balaban J connectivity index is 1.78. The second-order valence-electron chi connectivity index (χ2n) is 4.00. The first-order valence-electron chi connectivity index (χ1n) is 5.49. The van der Waals surface area contributed by atoms with E-state index in [4.69, 9.17) is 0 Å². The van der Waals surface area contributed by atoms with E-state index in [1.54, 1.807) is 6.33 Å². The topological polar surface area (TPSA) is 69.4 Å². The van der Waals surface area contributed by atoms with Crippen molar-refractivity contribution >= 4 is 16.6 Å². The number of imidazole rings is 1. The molecular formula is C12H13N5. The zero-order valence-electron chi connectivity index (χ0n) is 9.49. The molecule has 0 aliphatic rings. The van der Waals surface area contributed by atoms with E-state index >= 15 is 0 Å². The van der Waals surface area contributed by atoms with Crippen LogP contribution in [0.3, 0.4) is 0 Å². The van der Waals surface area contributed by atoms with E-state index in [1.807, 2.05) is 25.3 Å². The molecule has 0 unspecified atom stereocenters. The summed E-state index contributed by atoms with van der Waals surface area (Å²) in [5.74, 6) is 0. The van der Waals surface area contributed by atoms with Crippen LogP contribution < -0.4 is 5.32 Å². The smallest absolute Gasteiger partial charge is 0.0925 e. The predicted molar refractivity (Wildman–Crippen MR) is 66.7 cm³/mol. The third-order valence-corrected chi connectivity index (χ3v) is 2.83. The summed E-state index contributed by atoms with van der Waals surface area (Å²) in [6.45, 7) is 2.74. The fourth-order valence-corrected chi connectivity index (χ4v) is 1.80. The Morgan fingerprint density at radius 2 is 2.29 bits per heavy atom. The van der Waals surface area contributed by atoms with Gasteiger partial charge in [-0.3, -0.25) is 5.10 Å². The lowest BCUT2D eigenvalue weighted by atomic mass is 10.2. The van der Waals surface area contributed by atoms with E-state index in [-0.39, 0.29) is 0 Å². The normalized spacial score (nSPS) is 10.9. The second-order valence-corrected chi connectivity index (χ2v) is 4.00. The van der Waals surface area contributed by atoms with Crippen LogP contribution in [0.15, 0.2) is 30.7 Å². The lowest BCUT2D eigenvalue weighted by Gasteiger charge is -2.05. The van der Waals surface area contributed by atoms with Gasteiger partial charge in [0, 0.05) is 16.8 Å². The highest BCUT2D eigenvalue weighted by Gasteiger charge is 2.01. The summed E-state index contributed by atoms with van der Waals surface area (Å²) in [5.41, 5.74) is 4.26. The molecule has 5 heteroatoms. The molecule has 0 radical (unpaired) electrons. The van der Waals surface area contributed by atoms with Crippen molar-refractivity contribution in [3.63, 3.8) is 0 Å². The molecule has 0 saturated carbocycles. The zero-order valence-corrected chi connectivity index (χ0v) is 9.49. The average molecular weight is 227 g/mol. The standard InChI is InChI=1S/C12H13N5/c1-8-12(15-7-14-8)6-13-10-2-3-11-9(4-10)5-16-17-11/h2-5,7,13H,6H2,1H3,(H,14,15)(H,16,17). The molecule has 86 valence electrons. The SMILES string of the molecule is Cc1[nH]cnc1CNc1ccc2[nH]ncc2c1. The molecular weight excluding hydrogens is 214 g/mol. The minimum absolute atomic E-state index is 0.721. The van der Waals surface area contributed by atoms with Crippen molar-refractivity contribution in [2.24, 2.45) is 0 Å². The van der Waals surface area contributed by atoms with Crippen molar-refractivity contribution in [3.8, 4) is 0 Å². The number of H-pyrrole nitrogens is 2. The molecule has 2 heterocycles. The maximum atomic E-state index is 4.25. The van der Waals surface area contributed by atoms with Crippen LogP contribution in [0.5, 0.6) is 0 Å². The number of hydrogen-bond donors (Lipinski definition) is 3. The Labute approximate surface area is 98.3 Å². The Morgan fingerprint density at radius 1 is 1.35 bits per heavy atom. The first-order valence-corrected chi connectivity index (χ1v) is 5.49. The highest BCUT2D eigenvalue weighted by molar-refractivity contribution is 5.81. The molecule has 1 aromatic carbocycles. The fraction of sp³-hybridized carbons (Fsp3) is 0.167. The molecule has 3 N–H and O–H groups in total. The van der Waals surface area contributed by atoms with Gasteiger partial charge in [-0.1, -0.05) is 0 Å². The van der Waals surface area contributed by atoms with E-state index in [0.29, 0.717) is 0 Å². The average Bonchev–Trinajstić information content (AvgIpc) is 2.94. The van der Waals surface area contributed by atoms with Crippen molar-refractivity contribution in [2.45, 2.75) is 13.5 Å². The molecule has 0 amide bonds. The molecule has 0 bridgehead atoms. The lowest BCUT2D eigenvalue weighted by Crippen LogP contribution is -2.00. The van der Waals surface area contributed by atoms with Gasteiger partial charge in [0.05, 0.1) is 30.3 Å². The van der Waals surface area contributed by atoms with Crippen molar-refractivity contribution < 1.29 is 0 Å². The number of anilines is 1. The lowest BCUT2D eigenvalue weighted by molar-refractivity contribution is 1.05. The number of fused-ring (bicyclic) bond motifs is 1. The Kier molecular flexibility index (Phi) is 2.29. The quantitative estimate of drug-likeness (QED) is 0.642. The van der Waals surface area contributed by atoms with E-state index in [1.165, 1.54) is 0 Å². The first kappa shape index (κ1) is 9.89. The van der Waals surface area contributed by atoms with Gasteiger partial charge in [-0.2, -0.15) is 5.10 Å². The van der Waals surface area contributed by atoms with Crippen LogP contribution in [0.4, 0.5) is 5.69 Å². The number of aromatic amines is 2. The van der Waals surface area contributed by atoms with Crippen LogP contribution in [-0.2, 0) is 6.54 Å². The molecule has 3 aromatic rings. The number of aromatic nitrogens is 4. The molecule has 5 nitrogen and oxygen atoms in total. The summed E-state index contributed by atoms with van der Waals surface area (Å²) in [5, 5.41) is 11.4. The third-order valence-electron chi connectivity index (χ3n) is 2.83. The molecule has 0 aliphatic heterocycles. The van der Waals surface area contributed by atoms with Crippen LogP contribution >= 0.6 is 0 Å². The summed E-state index contributed by atoms with van der Waals surface area (Å²) < 4.78 is 0. The van der Waals surface area contributed by atoms with E-state index in [9.17, 15) is 0 Å². The second kappa shape index (κ2) is 3.93. The van der Waals surface area contributed by atoms with Gasteiger partial charge >= 0.3 is 0 Å². The van der Waals surface area contributed by atoms with Gasteiger partial charge in [0.25, 0.3) is 0 Å². The fourth-order valence-electron chi connectivity index (χ4n) is 1.80. The molecule has 0 spiro atoms. The number of hydrogen-bond acceptors (Lipinski definition) is 3. The monoisotopic (exact) mass is 227 g/mol. The number of nitrogens with one attached hydrogen (secondary N) is 3. The predicted octanol–water partition coefficient (Wildman–Crippen LogP) is 2.21. The maximum Gasteiger partial charge on any atom is 0.0925 e. The van der Waals surface area contributed by atoms with E-state index < -0.39 is 0 Å². The molecule has 0 atom stereocenters. The summed E-state index contributed by atoms with van der Waals surface area (Å²) in [4.78, 5) is 7.31. The Bertz CT molecular complexity index is 637. The highest BCUT2D eigenvalue weighted by atomic mass is 15.1. The zero-order chi connectivity index (χ0) is 11.7. The number of benzene rings is 1. The molecule has 0 saturated heterocycles. The van der Waals surface area contributed by atoms with Gasteiger partial charge in [-0.25, -0.2) is 4.98 Å². The third kappa shape index (κ3) is 1.87. The van der Waals surface area contributed by atoms with Crippen LogP contribution in [0.1, 0.15) is 11.4 Å². The van der Waals surface area contributed by atoms with Gasteiger partial charge < -0.3 is 10.3 Å². The minimum Gasteiger partial charge on any atom is -0.379 e. The van der Waals surface area contributed by atoms with E-state index in [2.05, 4.69) is 31.5 Å². The molecule has 0 aliphatic carbocycles. The van der Waals surface area contributed by atoms with Crippen molar-refractivity contribution in [2.75, 3.05) is 5.32 Å². The van der Waals surface area contributed by atoms with Crippen LogP contribution in [0.25, 0.3) is 10.9 Å². The van der Waals surface area contributed by atoms with Gasteiger partial charge in [0.15, 0.2) is 0 Å². The molecule has 0 fully saturated rings. The largest absolute Gasteiger partial charge is 0.379 e. The van der Waals surface area contributed by atoms with Crippen LogP contribution in [-0.4, -0.2) is 20.2 Å². The molecule has 2 aromatic heterocycles. The summed E-state index contributed by atoms with van der Waals surface area (Å²) >= 11 is 0. The van der Waals surface area contributed by atoms with E-state index in [0.717, 1.165) is 34.5 Å². The Morgan fingerprint density at radius 3 is 3.12 bits per heavy atom. The Hall–Kier alpha value is -2.30. The van der Waals surface area contributed by atoms with Crippen molar-refractivity contribution in [1.82, 2.24) is 20.2 Å². The van der Waals surface area contributed by atoms with Gasteiger partial charge in [0.2, 0.25) is 0 Å². The van der Waals surface area contributed by atoms with Gasteiger partial charge in [-0.05, 0) is 25.1 Å². The summed E-state index contributed by atoms with van der Waals surface area (Å²) in [6, 6.07) is 6.12. The number of nitrogens with zero attached hydrogens (tertiary/aromatic N) is 2. The number of aryl methyl sites for hydroxylation is 1. The maximum absolute atomic E-state index is 4.25. The minimum atomic E-state index is 0.721. The van der Waals surface area contributed by atoms with Crippen LogP contribution in [0.2, 0.25) is 0 Å². The molecule has 17 heavy (non-hydrogen) atoms. The summed E-state index contributed by atoms with van der Waals surface area (Å²) in [7, 11) is 0. The van der Waals surface area contributed by atoms with Crippen LogP contribution in [0, 0.1) is 6.92 Å². The highest BCUT2D eigenvalue weighted by Crippen LogP contribution is 2.17. The van der Waals surface area contributed by atoms with Crippen molar-refractivity contribution in [3.05, 3.63) is 42.1 Å². The summed E-state index contributed by atoms with van der Waals surface area (Å²) in [6.07, 6.45) is 3.53. The van der Waals surface area contributed by atoms with Gasteiger partial charge in [0.1, 0.15) is 0 Å².